The molecule has 14 heteroatoms. The third-order valence-electron chi connectivity index (χ3n) is 6.41. The van der Waals surface area contributed by atoms with Crippen LogP contribution >= 0.6 is 0 Å². The maximum atomic E-state index is 13.7. The Bertz CT molecular complexity index is 1240. The Morgan fingerprint density at radius 3 is 1.82 bits per heavy atom. The lowest BCUT2D eigenvalue weighted by Gasteiger charge is -2.41. The highest BCUT2D eigenvalue weighted by atomic mass is 19.4. The van der Waals surface area contributed by atoms with Crippen LogP contribution in [0.15, 0.2) is 36.4 Å². The summed E-state index contributed by atoms with van der Waals surface area (Å²) >= 11 is 0. The van der Waals surface area contributed by atoms with E-state index in [0.29, 0.717) is 24.3 Å². The molecule has 1 amide bonds. The van der Waals surface area contributed by atoms with Crippen LogP contribution in [0.1, 0.15) is 66.8 Å². The smallest absolute Gasteiger partial charge is 0.416 e. The first-order chi connectivity index (χ1) is 18.3. The van der Waals surface area contributed by atoms with Gasteiger partial charge in [0.05, 0.1) is 41.5 Å². The molecule has 3 atom stereocenters. The van der Waals surface area contributed by atoms with E-state index in [9.17, 15) is 49.1 Å². The van der Waals surface area contributed by atoms with E-state index in [4.69, 9.17) is 9.47 Å². The molecular weight excluding hydrogens is 561 g/mol. The third-order valence-corrected chi connectivity index (χ3v) is 6.41. The van der Waals surface area contributed by atoms with Crippen molar-refractivity contribution in [3.05, 3.63) is 64.2 Å². The lowest BCUT2D eigenvalue weighted by molar-refractivity contribution is -0.146. The Labute approximate surface area is 222 Å². The van der Waals surface area contributed by atoms with Crippen LogP contribution in [0.25, 0.3) is 0 Å². The predicted octanol–water partition coefficient (Wildman–Crippen LogP) is 7.93. The number of alkyl halides is 9. The molecule has 0 N–H and O–H groups in total. The Morgan fingerprint density at radius 2 is 1.38 bits per heavy atom. The van der Waals surface area contributed by atoms with Crippen LogP contribution < -0.4 is 4.90 Å². The zero-order chi connectivity index (χ0) is 30.4. The number of rotatable bonds is 4. The summed E-state index contributed by atoms with van der Waals surface area (Å²) in [4.78, 5) is 26.9. The number of benzene rings is 2. The van der Waals surface area contributed by atoms with Crippen LogP contribution in [0.2, 0.25) is 0 Å². The van der Waals surface area contributed by atoms with Gasteiger partial charge < -0.3 is 9.47 Å². The Hall–Kier alpha value is -3.45. The van der Waals surface area contributed by atoms with Gasteiger partial charge in [-0.15, -0.1) is 0 Å². The minimum Gasteiger partial charge on any atom is -0.469 e. The number of nitrogens with zero attached hydrogens (tertiary/aromatic N) is 1. The fourth-order valence-corrected chi connectivity index (χ4v) is 4.76. The zero-order valence-electron chi connectivity index (χ0n) is 21.5. The summed E-state index contributed by atoms with van der Waals surface area (Å²) in [6.45, 7) is 4.51. The monoisotopic (exact) mass is 585 g/mol. The second kappa shape index (κ2) is 10.8. The van der Waals surface area contributed by atoms with E-state index in [-0.39, 0.29) is 23.7 Å². The molecule has 40 heavy (non-hydrogen) atoms. The first-order valence-electron chi connectivity index (χ1n) is 11.8. The maximum Gasteiger partial charge on any atom is 0.416 e. The Morgan fingerprint density at radius 1 is 0.850 bits per heavy atom. The van der Waals surface area contributed by atoms with Crippen molar-refractivity contribution in [2.75, 3.05) is 12.0 Å². The van der Waals surface area contributed by atoms with Crippen LogP contribution in [0.5, 0.6) is 0 Å². The fourth-order valence-electron chi connectivity index (χ4n) is 4.76. The van der Waals surface area contributed by atoms with Gasteiger partial charge >= 0.3 is 30.6 Å². The number of anilines is 1. The molecular formula is C26H24F9NO4. The number of fused-ring (bicyclic) bond motifs is 1. The van der Waals surface area contributed by atoms with Crippen molar-refractivity contribution in [1.82, 2.24) is 0 Å². The SMILES string of the molecule is COC(=O)C(c1cc(C(F)(F)F)cc(C(F)(F)F)c1)C1CC(C)N(C(=O)OC(C)C)c2ccc(C(F)(F)F)cc21. The molecule has 0 aliphatic carbocycles. The minimum atomic E-state index is -5.24. The molecule has 5 nitrogen and oxygen atoms in total. The van der Waals surface area contributed by atoms with Crippen LogP contribution in [-0.2, 0) is 32.8 Å². The van der Waals surface area contributed by atoms with E-state index in [1.807, 2.05) is 0 Å². The highest BCUT2D eigenvalue weighted by Gasteiger charge is 2.45. The molecule has 0 saturated carbocycles. The van der Waals surface area contributed by atoms with Crippen LogP contribution in [0.3, 0.4) is 0 Å². The van der Waals surface area contributed by atoms with Gasteiger partial charge in [0.1, 0.15) is 0 Å². The molecule has 3 rings (SSSR count). The van der Waals surface area contributed by atoms with Gasteiger partial charge in [0.2, 0.25) is 0 Å². The van der Waals surface area contributed by atoms with Gasteiger partial charge in [0, 0.05) is 12.0 Å². The van der Waals surface area contributed by atoms with Crippen molar-refractivity contribution in [1.29, 1.82) is 0 Å². The molecule has 0 aromatic heterocycles. The first-order valence-corrected chi connectivity index (χ1v) is 11.8. The lowest BCUT2D eigenvalue weighted by atomic mass is 9.74. The molecule has 0 fully saturated rings. The van der Waals surface area contributed by atoms with Gasteiger partial charge in [-0.1, -0.05) is 0 Å². The summed E-state index contributed by atoms with van der Waals surface area (Å²) in [7, 11) is 0.846. The van der Waals surface area contributed by atoms with Crippen LogP contribution in [-0.4, -0.2) is 31.3 Å². The molecule has 0 bridgehead atoms. The summed E-state index contributed by atoms with van der Waals surface area (Å²) in [5.74, 6) is -4.57. The van der Waals surface area contributed by atoms with E-state index in [1.54, 1.807) is 0 Å². The molecule has 220 valence electrons. The molecule has 1 aliphatic rings. The molecule has 1 aliphatic heterocycles. The highest BCUT2D eigenvalue weighted by Crippen LogP contribution is 2.49. The summed E-state index contributed by atoms with van der Waals surface area (Å²) < 4.78 is 132. The minimum absolute atomic E-state index is 0.124. The number of hydrogen-bond acceptors (Lipinski definition) is 4. The van der Waals surface area contributed by atoms with E-state index in [2.05, 4.69) is 0 Å². The summed E-state index contributed by atoms with van der Waals surface area (Å²) in [6, 6.07) is 1.91. The number of carbonyl (C=O) groups is 2. The quantitative estimate of drug-likeness (QED) is 0.270. The van der Waals surface area contributed by atoms with Gasteiger partial charge in [0.25, 0.3) is 0 Å². The number of methoxy groups -OCH3 is 1. The van der Waals surface area contributed by atoms with Gasteiger partial charge in [0.15, 0.2) is 0 Å². The molecule has 3 unspecified atom stereocenters. The largest absolute Gasteiger partial charge is 0.469 e. The second-order valence-electron chi connectivity index (χ2n) is 9.61. The lowest BCUT2D eigenvalue weighted by Crippen LogP contribution is -2.45. The number of halogens is 9. The number of ether oxygens (including phenoxy) is 2. The number of carbonyl (C=O) groups excluding carboxylic acids is 2. The van der Waals surface area contributed by atoms with Gasteiger partial charge in [-0.2, -0.15) is 39.5 Å². The van der Waals surface area contributed by atoms with Crippen molar-refractivity contribution < 1.29 is 58.6 Å². The summed E-state index contributed by atoms with van der Waals surface area (Å²) in [5.41, 5.74) is -5.81. The predicted molar refractivity (Wildman–Crippen MR) is 124 cm³/mol. The van der Waals surface area contributed by atoms with Crippen LogP contribution in [0.4, 0.5) is 50.0 Å². The van der Waals surface area contributed by atoms with Gasteiger partial charge in [-0.3, -0.25) is 9.69 Å². The average molecular weight is 585 g/mol. The number of esters is 1. The standard InChI is InChI=1S/C26H24F9NO4/c1-12(2)40-23(38)36-13(3)7-19(18-11-15(24(27,28)29)5-6-20(18)36)21(22(37)39-4)14-8-16(25(30,31)32)10-17(9-14)26(33,34)35/h5-6,8-13,19,21H,7H2,1-4H3. The van der Waals surface area contributed by atoms with Crippen molar-refractivity contribution in [3.63, 3.8) is 0 Å². The van der Waals surface area contributed by atoms with Gasteiger partial charge in [-0.05, 0) is 74.7 Å². The topological polar surface area (TPSA) is 55.8 Å². The first kappa shape index (κ1) is 31.1. The van der Waals surface area contributed by atoms with Crippen molar-refractivity contribution >= 4 is 17.7 Å². The summed E-state index contributed by atoms with van der Waals surface area (Å²) in [6.07, 6.45) is -17.3. The normalized spacial score (nSPS) is 18.8. The van der Waals surface area contributed by atoms with Crippen molar-refractivity contribution in [3.8, 4) is 0 Å². The van der Waals surface area contributed by atoms with E-state index < -0.39 is 76.8 Å². The van der Waals surface area contributed by atoms with E-state index in [0.717, 1.165) is 18.1 Å². The summed E-state index contributed by atoms with van der Waals surface area (Å²) in [5, 5.41) is 0. The molecule has 0 saturated heterocycles. The molecule has 0 spiro atoms. The molecule has 0 radical (unpaired) electrons. The van der Waals surface area contributed by atoms with E-state index in [1.165, 1.54) is 20.8 Å². The molecule has 2 aromatic rings. The fraction of sp³-hybridized carbons (Fsp3) is 0.462. The van der Waals surface area contributed by atoms with Crippen molar-refractivity contribution in [2.24, 2.45) is 0 Å². The van der Waals surface area contributed by atoms with E-state index >= 15 is 0 Å². The van der Waals surface area contributed by atoms with Gasteiger partial charge in [-0.25, -0.2) is 4.79 Å². The molecule has 1 heterocycles. The van der Waals surface area contributed by atoms with Crippen LogP contribution in [0, 0.1) is 0 Å². The Kier molecular flexibility index (Phi) is 8.43. The van der Waals surface area contributed by atoms with Crippen molar-refractivity contribution in [2.45, 2.75) is 69.7 Å². The highest BCUT2D eigenvalue weighted by molar-refractivity contribution is 5.91. The third kappa shape index (κ3) is 6.47. The average Bonchev–Trinajstić information content (AvgIpc) is 2.81. The second-order valence-corrected chi connectivity index (χ2v) is 9.61. The number of amides is 1. The maximum absolute atomic E-state index is 13.7. The Balaban J connectivity index is 2.32. The molecule has 2 aromatic carbocycles. The zero-order valence-corrected chi connectivity index (χ0v) is 21.5. The number of hydrogen-bond donors (Lipinski definition) is 0.